The van der Waals surface area contributed by atoms with E-state index in [4.69, 9.17) is 17.3 Å². The second-order valence-electron chi connectivity index (χ2n) is 4.96. The van der Waals surface area contributed by atoms with Crippen LogP contribution in [0.15, 0.2) is 30.5 Å². The van der Waals surface area contributed by atoms with Crippen LogP contribution in [0, 0.1) is 0 Å². The lowest BCUT2D eigenvalue weighted by Gasteiger charge is -2.34. The van der Waals surface area contributed by atoms with Crippen LogP contribution in [0.2, 0.25) is 5.02 Å². The molecule has 1 fully saturated rings. The molecule has 1 saturated heterocycles. The molecule has 0 saturated carbocycles. The van der Waals surface area contributed by atoms with Gasteiger partial charge in [-0.1, -0.05) is 23.7 Å². The average molecular weight is 309 g/mol. The Kier molecular flexibility index (Phi) is 6.04. The van der Waals surface area contributed by atoms with E-state index in [1.54, 1.807) is 6.20 Å². The molecule has 1 aliphatic heterocycles. The second kappa shape index (κ2) is 8.02. The molecular weight excluding hydrogens is 288 g/mol. The maximum atomic E-state index is 12.0. The number of amides is 2. The minimum absolute atomic E-state index is 0.0688. The highest BCUT2D eigenvalue weighted by Gasteiger charge is 2.19. The van der Waals surface area contributed by atoms with E-state index in [-0.39, 0.29) is 6.03 Å². The number of nitrogens with two attached hydrogens (primary N) is 1. The van der Waals surface area contributed by atoms with Crippen LogP contribution in [0.1, 0.15) is 5.56 Å². The predicted octanol–water partition coefficient (Wildman–Crippen LogP) is 1.60. The van der Waals surface area contributed by atoms with Crippen molar-refractivity contribution in [2.24, 2.45) is 5.73 Å². The molecule has 1 aliphatic rings. The largest absolute Gasteiger partial charge is 0.329 e. The standard InChI is InChI=1S/C15H21ClN4O/c16-14-3-1-2-13(12-14)4-6-18-15(21)20-10-8-19(7-5-17)9-11-20/h1-4,6,12H,5,7-11,17H2,(H,18,21)/b6-4+. The smallest absolute Gasteiger partial charge is 0.321 e. The number of rotatable bonds is 4. The minimum atomic E-state index is -0.0688. The van der Waals surface area contributed by atoms with Crippen LogP contribution < -0.4 is 11.1 Å². The van der Waals surface area contributed by atoms with Crippen LogP contribution in [0.3, 0.4) is 0 Å². The molecule has 0 atom stereocenters. The molecule has 1 aromatic rings. The Hall–Kier alpha value is -1.56. The number of nitrogens with zero attached hydrogens (tertiary/aromatic N) is 2. The summed E-state index contributed by atoms with van der Waals surface area (Å²) in [6.07, 6.45) is 3.48. The molecule has 0 bridgehead atoms. The van der Waals surface area contributed by atoms with Crippen molar-refractivity contribution in [3.8, 4) is 0 Å². The van der Waals surface area contributed by atoms with Crippen molar-refractivity contribution in [2.45, 2.75) is 0 Å². The molecule has 21 heavy (non-hydrogen) atoms. The number of urea groups is 1. The van der Waals surface area contributed by atoms with Gasteiger partial charge in [0.25, 0.3) is 0 Å². The zero-order valence-electron chi connectivity index (χ0n) is 12.0. The molecule has 5 nitrogen and oxygen atoms in total. The summed E-state index contributed by atoms with van der Waals surface area (Å²) < 4.78 is 0. The number of hydrogen-bond donors (Lipinski definition) is 2. The van der Waals surface area contributed by atoms with Crippen molar-refractivity contribution in [3.05, 3.63) is 41.1 Å². The lowest BCUT2D eigenvalue weighted by atomic mass is 10.2. The number of benzene rings is 1. The maximum absolute atomic E-state index is 12.0. The van der Waals surface area contributed by atoms with Crippen molar-refractivity contribution in [2.75, 3.05) is 39.3 Å². The Morgan fingerprint density at radius 2 is 2.10 bits per heavy atom. The van der Waals surface area contributed by atoms with Gasteiger partial charge in [-0.3, -0.25) is 4.90 Å². The fourth-order valence-electron chi connectivity index (χ4n) is 2.27. The van der Waals surface area contributed by atoms with Gasteiger partial charge < -0.3 is 16.0 Å². The van der Waals surface area contributed by atoms with Gasteiger partial charge in [-0.05, 0) is 23.8 Å². The van der Waals surface area contributed by atoms with Crippen LogP contribution in [-0.4, -0.2) is 55.1 Å². The van der Waals surface area contributed by atoms with Crippen molar-refractivity contribution in [1.82, 2.24) is 15.1 Å². The Morgan fingerprint density at radius 3 is 2.76 bits per heavy atom. The zero-order valence-corrected chi connectivity index (χ0v) is 12.7. The van der Waals surface area contributed by atoms with Gasteiger partial charge in [0, 0.05) is 50.5 Å². The van der Waals surface area contributed by atoms with Crippen molar-refractivity contribution < 1.29 is 4.79 Å². The third kappa shape index (κ3) is 5.04. The van der Waals surface area contributed by atoms with Crippen LogP contribution in [0.4, 0.5) is 4.79 Å². The minimum Gasteiger partial charge on any atom is -0.329 e. The van der Waals surface area contributed by atoms with Gasteiger partial charge in [0.05, 0.1) is 0 Å². The van der Waals surface area contributed by atoms with Gasteiger partial charge >= 0.3 is 6.03 Å². The highest BCUT2D eigenvalue weighted by molar-refractivity contribution is 6.30. The molecule has 6 heteroatoms. The quantitative estimate of drug-likeness (QED) is 0.888. The normalized spacial score (nSPS) is 16.4. The number of halogens is 1. The summed E-state index contributed by atoms with van der Waals surface area (Å²) in [4.78, 5) is 16.1. The number of carbonyl (C=O) groups excluding carboxylic acids is 1. The Bertz CT molecular complexity index is 498. The van der Waals surface area contributed by atoms with Gasteiger partial charge in [0.2, 0.25) is 0 Å². The van der Waals surface area contributed by atoms with Gasteiger partial charge in [0.15, 0.2) is 0 Å². The first-order chi connectivity index (χ1) is 10.2. The Labute approximate surface area is 130 Å². The summed E-state index contributed by atoms with van der Waals surface area (Å²) >= 11 is 5.90. The summed E-state index contributed by atoms with van der Waals surface area (Å²) in [5.74, 6) is 0. The third-order valence-corrected chi connectivity index (χ3v) is 3.67. The Morgan fingerprint density at radius 1 is 1.33 bits per heavy atom. The highest BCUT2D eigenvalue weighted by Crippen LogP contribution is 2.11. The number of hydrogen-bond acceptors (Lipinski definition) is 3. The van der Waals surface area contributed by atoms with E-state index < -0.39 is 0 Å². The van der Waals surface area contributed by atoms with Crippen molar-refractivity contribution in [1.29, 1.82) is 0 Å². The lowest BCUT2D eigenvalue weighted by molar-refractivity contribution is 0.143. The van der Waals surface area contributed by atoms with E-state index in [0.717, 1.165) is 38.3 Å². The van der Waals surface area contributed by atoms with Crippen molar-refractivity contribution in [3.63, 3.8) is 0 Å². The highest BCUT2D eigenvalue weighted by atomic mass is 35.5. The van der Waals surface area contributed by atoms with Gasteiger partial charge in [-0.25, -0.2) is 4.79 Å². The maximum Gasteiger partial charge on any atom is 0.321 e. The summed E-state index contributed by atoms with van der Waals surface area (Å²) in [5.41, 5.74) is 6.49. The van der Waals surface area contributed by atoms with E-state index in [0.29, 0.717) is 11.6 Å². The molecule has 2 rings (SSSR count). The fraction of sp³-hybridized carbons (Fsp3) is 0.400. The SMILES string of the molecule is NCCN1CCN(C(=O)N/C=C/c2cccc(Cl)c2)CC1. The molecule has 1 heterocycles. The first-order valence-electron chi connectivity index (χ1n) is 7.09. The zero-order chi connectivity index (χ0) is 15.1. The summed E-state index contributed by atoms with van der Waals surface area (Å²) in [6.45, 7) is 4.78. The molecule has 3 N–H and O–H groups in total. The first kappa shape index (κ1) is 15.8. The topological polar surface area (TPSA) is 61.6 Å². The fourth-order valence-corrected chi connectivity index (χ4v) is 2.47. The van der Waals surface area contributed by atoms with Crippen LogP contribution in [0.5, 0.6) is 0 Å². The molecule has 0 spiro atoms. The number of carbonyl (C=O) groups is 1. The summed E-state index contributed by atoms with van der Waals surface area (Å²) in [5, 5.41) is 3.47. The Balaban J connectivity index is 1.77. The van der Waals surface area contributed by atoms with Gasteiger partial charge in [0.1, 0.15) is 0 Å². The molecule has 0 aliphatic carbocycles. The van der Waals surface area contributed by atoms with E-state index in [2.05, 4.69) is 10.2 Å². The average Bonchev–Trinajstić information content (AvgIpc) is 2.48. The molecule has 0 unspecified atom stereocenters. The van der Waals surface area contributed by atoms with E-state index >= 15 is 0 Å². The van der Waals surface area contributed by atoms with Gasteiger partial charge in [-0.15, -0.1) is 0 Å². The molecule has 114 valence electrons. The van der Waals surface area contributed by atoms with Crippen molar-refractivity contribution >= 4 is 23.7 Å². The second-order valence-corrected chi connectivity index (χ2v) is 5.39. The lowest BCUT2D eigenvalue weighted by Crippen LogP contribution is -2.51. The first-order valence-corrected chi connectivity index (χ1v) is 7.47. The number of nitrogens with one attached hydrogen (secondary N) is 1. The van der Waals surface area contributed by atoms with Gasteiger partial charge in [-0.2, -0.15) is 0 Å². The molecule has 0 radical (unpaired) electrons. The molecule has 0 aromatic heterocycles. The molecular formula is C15H21ClN4O. The van der Waals surface area contributed by atoms with E-state index in [1.807, 2.05) is 35.2 Å². The summed E-state index contributed by atoms with van der Waals surface area (Å²) in [7, 11) is 0. The predicted molar refractivity (Wildman–Crippen MR) is 86.1 cm³/mol. The molecule has 1 aromatic carbocycles. The molecule has 2 amide bonds. The summed E-state index contributed by atoms with van der Waals surface area (Å²) in [6, 6.07) is 7.40. The van der Waals surface area contributed by atoms with Crippen LogP contribution >= 0.6 is 11.6 Å². The van der Waals surface area contributed by atoms with E-state index in [1.165, 1.54) is 0 Å². The van der Waals surface area contributed by atoms with E-state index in [9.17, 15) is 4.79 Å². The third-order valence-electron chi connectivity index (χ3n) is 3.44. The van der Waals surface area contributed by atoms with Crippen LogP contribution in [0.25, 0.3) is 6.08 Å². The van der Waals surface area contributed by atoms with Crippen LogP contribution in [-0.2, 0) is 0 Å². The monoisotopic (exact) mass is 308 g/mol. The number of piperazine rings is 1.